The van der Waals surface area contributed by atoms with Gasteiger partial charge in [0.15, 0.2) is 5.13 Å². The number of para-hydroxylation sites is 1. The summed E-state index contributed by atoms with van der Waals surface area (Å²) in [7, 11) is 0. The second kappa shape index (κ2) is 6.59. The van der Waals surface area contributed by atoms with Crippen LogP contribution in [0.25, 0.3) is 10.2 Å². The Labute approximate surface area is 147 Å². The molecule has 2 aromatic rings. The van der Waals surface area contributed by atoms with Crippen LogP contribution < -0.4 is 10.2 Å². The molecule has 2 amide bonds. The lowest BCUT2D eigenvalue weighted by Gasteiger charge is -2.36. The van der Waals surface area contributed by atoms with Crippen molar-refractivity contribution in [1.29, 1.82) is 0 Å². The predicted molar refractivity (Wildman–Crippen MR) is 101 cm³/mol. The molecule has 2 heterocycles. The fourth-order valence-corrected chi connectivity index (χ4v) is 3.98. The number of hydrogen-bond acceptors (Lipinski definition) is 4. The number of aryl methyl sites for hydroxylation is 1. The maximum Gasteiger partial charge on any atom is 0.317 e. The summed E-state index contributed by atoms with van der Waals surface area (Å²) in [6.07, 6.45) is 1.00. The van der Waals surface area contributed by atoms with Crippen molar-refractivity contribution >= 4 is 32.7 Å². The number of amides is 2. The molecule has 5 nitrogen and oxygen atoms in total. The largest absolute Gasteiger partial charge is 0.345 e. The SMILES string of the molecule is CCc1cccc2sc(N3CCN(C(=O)NC(C)(C)C)CC3)nc12. The molecule has 1 aliphatic heterocycles. The van der Waals surface area contributed by atoms with Crippen LogP contribution in [0, 0.1) is 0 Å². The normalized spacial score (nSPS) is 15.8. The highest BCUT2D eigenvalue weighted by atomic mass is 32.1. The van der Waals surface area contributed by atoms with Gasteiger partial charge in [0.25, 0.3) is 0 Å². The fraction of sp³-hybridized carbons (Fsp3) is 0.556. The third-order valence-electron chi connectivity index (χ3n) is 4.19. The average Bonchev–Trinajstić information content (AvgIpc) is 2.97. The Balaban J connectivity index is 1.68. The maximum atomic E-state index is 12.3. The number of piperazine rings is 1. The van der Waals surface area contributed by atoms with Crippen molar-refractivity contribution in [3.8, 4) is 0 Å². The van der Waals surface area contributed by atoms with E-state index in [2.05, 4.69) is 35.3 Å². The van der Waals surface area contributed by atoms with Gasteiger partial charge in [-0.2, -0.15) is 0 Å². The molecule has 1 aromatic heterocycles. The van der Waals surface area contributed by atoms with Crippen molar-refractivity contribution in [2.75, 3.05) is 31.1 Å². The molecule has 0 unspecified atom stereocenters. The lowest BCUT2D eigenvalue weighted by molar-refractivity contribution is 0.185. The van der Waals surface area contributed by atoms with Crippen LogP contribution in [0.4, 0.5) is 9.93 Å². The van der Waals surface area contributed by atoms with E-state index >= 15 is 0 Å². The number of rotatable bonds is 2. The smallest absolute Gasteiger partial charge is 0.317 e. The third kappa shape index (κ3) is 3.64. The van der Waals surface area contributed by atoms with E-state index in [4.69, 9.17) is 4.98 Å². The molecule has 1 N–H and O–H groups in total. The number of carbonyl (C=O) groups is 1. The van der Waals surface area contributed by atoms with Gasteiger partial charge in [0, 0.05) is 31.7 Å². The molecule has 1 fully saturated rings. The first kappa shape index (κ1) is 17.0. The second-order valence-corrected chi connectivity index (χ2v) is 8.28. The molecule has 0 radical (unpaired) electrons. The van der Waals surface area contributed by atoms with Gasteiger partial charge in [-0.3, -0.25) is 0 Å². The first-order valence-electron chi connectivity index (χ1n) is 8.58. The van der Waals surface area contributed by atoms with Crippen LogP contribution in [0.2, 0.25) is 0 Å². The monoisotopic (exact) mass is 346 g/mol. The topological polar surface area (TPSA) is 48.5 Å². The average molecular weight is 347 g/mol. The molecule has 1 aromatic carbocycles. The highest BCUT2D eigenvalue weighted by molar-refractivity contribution is 7.22. The summed E-state index contributed by atoms with van der Waals surface area (Å²) in [4.78, 5) is 21.3. The van der Waals surface area contributed by atoms with E-state index in [1.165, 1.54) is 10.3 Å². The number of carbonyl (C=O) groups excluding carboxylic acids is 1. The Morgan fingerprint density at radius 1 is 1.25 bits per heavy atom. The number of nitrogens with zero attached hydrogens (tertiary/aromatic N) is 3. The van der Waals surface area contributed by atoms with Crippen LogP contribution >= 0.6 is 11.3 Å². The number of fused-ring (bicyclic) bond motifs is 1. The Morgan fingerprint density at radius 2 is 1.96 bits per heavy atom. The molecule has 0 saturated carbocycles. The highest BCUT2D eigenvalue weighted by Gasteiger charge is 2.25. The fourth-order valence-electron chi connectivity index (χ4n) is 2.92. The minimum absolute atomic E-state index is 0.0275. The molecule has 6 heteroatoms. The van der Waals surface area contributed by atoms with Crippen LogP contribution in [-0.2, 0) is 6.42 Å². The Morgan fingerprint density at radius 3 is 2.58 bits per heavy atom. The van der Waals surface area contributed by atoms with Gasteiger partial charge in [-0.25, -0.2) is 9.78 Å². The second-order valence-electron chi connectivity index (χ2n) is 7.27. The lowest BCUT2D eigenvalue weighted by atomic mass is 10.1. The first-order chi connectivity index (χ1) is 11.4. The van der Waals surface area contributed by atoms with E-state index in [-0.39, 0.29) is 11.6 Å². The van der Waals surface area contributed by atoms with E-state index in [1.54, 1.807) is 11.3 Å². The van der Waals surface area contributed by atoms with E-state index in [9.17, 15) is 4.79 Å². The Kier molecular flexibility index (Phi) is 4.67. The summed E-state index contributed by atoms with van der Waals surface area (Å²) in [5, 5.41) is 4.11. The third-order valence-corrected chi connectivity index (χ3v) is 5.27. The standard InChI is InChI=1S/C18H26N4OS/c1-5-13-7-6-8-14-15(13)19-17(24-14)22-11-9-21(10-12-22)16(23)20-18(2,3)4/h6-8H,5,9-12H2,1-4H3,(H,20,23). The lowest BCUT2D eigenvalue weighted by Crippen LogP contribution is -2.55. The van der Waals surface area contributed by atoms with Gasteiger partial charge < -0.3 is 15.1 Å². The van der Waals surface area contributed by atoms with E-state index in [0.29, 0.717) is 0 Å². The van der Waals surface area contributed by atoms with Crippen molar-refractivity contribution in [2.24, 2.45) is 0 Å². The van der Waals surface area contributed by atoms with E-state index in [1.807, 2.05) is 25.7 Å². The van der Waals surface area contributed by atoms with E-state index in [0.717, 1.165) is 43.2 Å². The van der Waals surface area contributed by atoms with Gasteiger partial charge in [0.2, 0.25) is 0 Å². The molecule has 130 valence electrons. The zero-order valence-electron chi connectivity index (χ0n) is 14.9. The Hall–Kier alpha value is -1.82. The maximum absolute atomic E-state index is 12.3. The van der Waals surface area contributed by atoms with Gasteiger partial charge in [0.1, 0.15) is 0 Å². The molecule has 0 spiro atoms. The number of urea groups is 1. The number of nitrogens with one attached hydrogen (secondary N) is 1. The predicted octanol–water partition coefficient (Wildman–Crippen LogP) is 3.49. The number of aromatic nitrogens is 1. The number of benzene rings is 1. The molecule has 0 atom stereocenters. The van der Waals surface area contributed by atoms with Crippen LogP contribution in [-0.4, -0.2) is 47.6 Å². The first-order valence-corrected chi connectivity index (χ1v) is 9.39. The zero-order chi connectivity index (χ0) is 17.3. The summed E-state index contributed by atoms with van der Waals surface area (Å²) in [6, 6.07) is 6.43. The molecular weight excluding hydrogens is 320 g/mol. The van der Waals surface area contributed by atoms with Crippen molar-refractivity contribution in [1.82, 2.24) is 15.2 Å². The molecule has 1 aliphatic rings. The molecule has 24 heavy (non-hydrogen) atoms. The molecule has 0 bridgehead atoms. The number of anilines is 1. The highest BCUT2D eigenvalue weighted by Crippen LogP contribution is 2.31. The van der Waals surface area contributed by atoms with Crippen molar-refractivity contribution in [3.63, 3.8) is 0 Å². The molecule has 1 saturated heterocycles. The number of hydrogen-bond donors (Lipinski definition) is 1. The zero-order valence-corrected chi connectivity index (χ0v) is 15.7. The number of thiazole rings is 1. The molecule has 3 rings (SSSR count). The summed E-state index contributed by atoms with van der Waals surface area (Å²) in [6.45, 7) is 11.3. The summed E-state index contributed by atoms with van der Waals surface area (Å²) in [5.41, 5.74) is 2.24. The van der Waals surface area contributed by atoms with E-state index < -0.39 is 0 Å². The minimum atomic E-state index is -0.197. The summed E-state index contributed by atoms with van der Waals surface area (Å²) < 4.78 is 1.25. The Bertz CT molecular complexity index is 726. The van der Waals surface area contributed by atoms with Crippen molar-refractivity contribution < 1.29 is 4.79 Å². The van der Waals surface area contributed by atoms with Crippen molar-refractivity contribution in [3.05, 3.63) is 23.8 Å². The van der Waals surface area contributed by atoms with Crippen LogP contribution in [0.1, 0.15) is 33.3 Å². The van der Waals surface area contributed by atoms with Gasteiger partial charge in [-0.15, -0.1) is 0 Å². The van der Waals surface area contributed by atoms with Gasteiger partial charge in [-0.05, 0) is 38.8 Å². The minimum Gasteiger partial charge on any atom is -0.345 e. The van der Waals surface area contributed by atoms with Crippen LogP contribution in [0.15, 0.2) is 18.2 Å². The van der Waals surface area contributed by atoms with Crippen molar-refractivity contribution in [2.45, 2.75) is 39.7 Å². The molecular formula is C18H26N4OS. The summed E-state index contributed by atoms with van der Waals surface area (Å²) in [5.74, 6) is 0. The quantitative estimate of drug-likeness (QED) is 0.905. The van der Waals surface area contributed by atoms with Crippen LogP contribution in [0.5, 0.6) is 0 Å². The summed E-state index contributed by atoms with van der Waals surface area (Å²) >= 11 is 1.75. The van der Waals surface area contributed by atoms with Gasteiger partial charge in [0.05, 0.1) is 10.2 Å². The van der Waals surface area contributed by atoms with Crippen LogP contribution in [0.3, 0.4) is 0 Å². The van der Waals surface area contributed by atoms with Gasteiger partial charge >= 0.3 is 6.03 Å². The van der Waals surface area contributed by atoms with Gasteiger partial charge in [-0.1, -0.05) is 30.4 Å². The molecule has 0 aliphatic carbocycles.